The van der Waals surface area contributed by atoms with Crippen LogP contribution in [0.25, 0.3) is 6.08 Å². The maximum Gasteiger partial charge on any atom is 0.270 e. The van der Waals surface area contributed by atoms with Gasteiger partial charge in [0.2, 0.25) is 0 Å². The number of hydrogen-bond acceptors (Lipinski definition) is 5. The number of amides is 2. The van der Waals surface area contributed by atoms with Crippen LogP contribution in [0.15, 0.2) is 45.8 Å². The summed E-state index contributed by atoms with van der Waals surface area (Å²) in [5, 5.41) is 2.60. The summed E-state index contributed by atoms with van der Waals surface area (Å²) in [6.07, 6.45) is 1.56. The van der Waals surface area contributed by atoms with Gasteiger partial charge in [-0.15, -0.1) is 11.3 Å². The van der Waals surface area contributed by atoms with Crippen LogP contribution in [0.4, 0.5) is 5.69 Å². The van der Waals surface area contributed by atoms with Crippen molar-refractivity contribution in [2.45, 2.75) is 0 Å². The molecule has 0 saturated carbocycles. The first-order valence-electron chi connectivity index (χ1n) is 6.80. The number of thiocarbonyl (C=S) groups is 1. The van der Waals surface area contributed by atoms with E-state index in [9.17, 15) is 9.59 Å². The van der Waals surface area contributed by atoms with Crippen LogP contribution in [0, 0.1) is 0 Å². The zero-order chi connectivity index (χ0) is 17.3. The third-order valence-electron chi connectivity index (χ3n) is 3.29. The molecule has 0 unspecified atom stereocenters. The lowest BCUT2D eigenvalue weighted by atomic mass is 10.1. The van der Waals surface area contributed by atoms with Crippen molar-refractivity contribution in [3.05, 3.63) is 50.6 Å². The molecule has 0 spiro atoms. The molecule has 1 aromatic heterocycles. The molecule has 1 aliphatic heterocycles. The van der Waals surface area contributed by atoms with Gasteiger partial charge < -0.3 is 4.74 Å². The maximum atomic E-state index is 12.8. The van der Waals surface area contributed by atoms with E-state index in [0.717, 1.165) is 8.66 Å². The summed E-state index contributed by atoms with van der Waals surface area (Å²) in [4.78, 5) is 27.1. The molecule has 2 aromatic rings. The molecule has 0 radical (unpaired) electrons. The van der Waals surface area contributed by atoms with Crippen molar-refractivity contribution in [2.75, 3.05) is 12.0 Å². The van der Waals surface area contributed by atoms with Gasteiger partial charge in [0, 0.05) is 10.9 Å². The fraction of sp³-hybridized carbons (Fsp3) is 0.0625. The predicted molar refractivity (Wildman–Crippen MR) is 101 cm³/mol. The minimum Gasteiger partial charge on any atom is -0.497 e. The van der Waals surface area contributed by atoms with Crippen LogP contribution < -0.4 is 15.0 Å². The highest BCUT2D eigenvalue weighted by molar-refractivity contribution is 9.11. The first-order valence-corrected chi connectivity index (χ1v) is 8.82. The Morgan fingerprint density at radius 2 is 2.08 bits per heavy atom. The molecule has 122 valence electrons. The Morgan fingerprint density at radius 1 is 1.29 bits per heavy atom. The number of nitrogens with one attached hydrogen (secondary N) is 1. The van der Waals surface area contributed by atoms with Gasteiger partial charge in [-0.2, -0.15) is 0 Å². The summed E-state index contributed by atoms with van der Waals surface area (Å²) in [5.74, 6) is -0.386. The Balaban J connectivity index is 2.01. The third kappa shape index (κ3) is 3.26. The second-order valence-electron chi connectivity index (χ2n) is 4.80. The Labute approximate surface area is 156 Å². The molecule has 1 N–H and O–H groups in total. The summed E-state index contributed by atoms with van der Waals surface area (Å²) in [7, 11) is 1.54. The number of hydrogen-bond donors (Lipinski definition) is 1. The summed E-state index contributed by atoms with van der Waals surface area (Å²) in [6.45, 7) is 0. The third-order valence-corrected chi connectivity index (χ3v) is 5.15. The lowest BCUT2D eigenvalue weighted by Crippen LogP contribution is -2.54. The summed E-state index contributed by atoms with van der Waals surface area (Å²) < 4.78 is 6.09. The fourth-order valence-corrected chi connectivity index (χ4v) is 3.84. The van der Waals surface area contributed by atoms with Crippen LogP contribution in [0.2, 0.25) is 0 Å². The smallest absolute Gasteiger partial charge is 0.270 e. The van der Waals surface area contributed by atoms with Gasteiger partial charge in [0.15, 0.2) is 5.11 Å². The van der Waals surface area contributed by atoms with E-state index in [0.29, 0.717) is 11.4 Å². The minimum atomic E-state index is -0.506. The molecule has 3 rings (SSSR count). The SMILES string of the molecule is COc1cccc(N2C(=O)/C(=C/c3ccc(Br)s3)C(=O)NC2=S)c1. The van der Waals surface area contributed by atoms with Gasteiger partial charge in [0.05, 0.1) is 16.6 Å². The van der Waals surface area contributed by atoms with Crippen molar-refractivity contribution >= 4 is 68.2 Å². The number of halogens is 1. The lowest BCUT2D eigenvalue weighted by Gasteiger charge is -2.29. The number of thiophene rings is 1. The molecule has 1 fully saturated rings. The van der Waals surface area contributed by atoms with Crippen molar-refractivity contribution in [2.24, 2.45) is 0 Å². The standard InChI is InChI=1S/C16H11BrN2O3S2/c1-22-10-4-2-3-9(7-10)19-15(21)12(14(20)18-16(19)23)8-11-5-6-13(17)24-11/h2-8H,1H3,(H,18,20,23)/b12-8+. The van der Waals surface area contributed by atoms with Crippen LogP contribution in [0.1, 0.15) is 4.88 Å². The topological polar surface area (TPSA) is 58.6 Å². The van der Waals surface area contributed by atoms with Crippen LogP contribution in [-0.2, 0) is 9.59 Å². The predicted octanol–water partition coefficient (Wildman–Crippen LogP) is 3.35. The van der Waals surface area contributed by atoms with E-state index in [-0.39, 0.29) is 10.7 Å². The largest absolute Gasteiger partial charge is 0.497 e. The van der Waals surface area contributed by atoms with E-state index >= 15 is 0 Å². The Morgan fingerprint density at radius 3 is 2.75 bits per heavy atom. The number of ether oxygens (including phenoxy) is 1. The van der Waals surface area contributed by atoms with Crippen molar-refractivity contribution in [3.63, 3.8) is 0 Å². The summed E-state index contributed by atoms with van der Waals surface area (Å²) in [6, 6.07) is 10.6. The first-order chi connectivity index (χ1) is 11.5. The fourth-order valence-electron chi connectivity index (χ4n) is 2.19. The van der Waals surface area contributed by atoms with E-state index in [1.807, 2.05) is 12.1 Å². The van der Waals surface area contributed by atoms with E-state index in [1.54, 1.807) is 30.3 Å². The number of carbonyl (C=O) groups is 2. The van der Waals surface area contributed by atoms with E-state index < -0.39 is 11.8 Å². The van der Waals surface area contributed by atoms with E-state index in [2.05, 4.69) is 21.2 Å². The normalized spacial score (nSPS) is 16.5. The number of benzene rings is 1. The minimum absolute atomic E-state index is 0.0285. The molecule has 24 heavy (non-hydrogen) atoms. The highest BCUT2D eigenvalue weighted by Gasteiger charge is 2.34. The van der Waals surface area contributed by atoms with Crippen molar-refractivity contribution < 1.29 is 14.3 Å². The molecule has 0 bridgehead atoms. The molecular weight excluding hydrogens is 412 g/mol. The molecule has 5 nitrogen and oxygen atoms in total. The first kappa shape index (κ1) is 16.8. The van der Waals surface area contributed by atoms with Gasteiger partial charge >= 0.3 is 0 Å². The number of rotatable bonds is 3. The molecule has 2 amide bonds. The van der Waals surface area contributed by atoms with Gasteiger partial charge in [-0.3, -0.25) is 19.8 Å². The molecule has 1 aliphatic rings. The summed E-state index contributed by atoms with van der Waals surface area (Å²) in [5.41, 5.74) is 0.559. The Bertz CT molecular complexity index is 876. The second kappa shape index (κ2) is 6.84. The highest BCUT2D eigenvalue weighted by Crippen LogP contribution is 2.28. The molecule has 1 aromatic carbocycles. The maximum absolute atomic E-state index is 12.8. The molecular formula is C16H11BrN2O3S2. The van der Waals surface area contributed by atoms with Crippen molar-refractivity contribution in [1.82, 2.24) is 5.32 Å². The zero-order valence-corrected chi connectivity index (χ0v) is 15.6. The Kier molecular flexibility index (Phi) is 4.79. The average molecular weight is 423 g/mol. The van der Waals surface area contributed by atoms with Gasteiger partial charge in [0.1, 0.15) is 11.3 Å². The van der Waals surface area contributed by atoms with Crippen LogP contribution in [0.5, 0.6) is 5.75 Å². The monoisotopic (exact) mass is 422 g/mol. The molecule has 8 heteroatoms. The quantitative estimate of drug-likeness (QED) is 0.468. The van der Waals surface area contributed by atoms with Crippen molar-refractivity contribution in [3.8, 4) is 5.75 Å². The number of nitrogens with zero attached hydrogens (tertiary/aromatic N) is 1. The van der Waals surface area contributed by atoms with Crippen molar-refractivity contribution in [1.29, 1.82) is 0 Å². The molecule has 0 aliphatic carbocycles. The second-order valence-corrected chi connectivity index (χ2v) is 7.68. The number of carbonyl (C=O) groups excluding carboxylic acids is 2. The highest BCUT2D eigenvalue weighted by atomic mass is 79.9. The van der Waals surface area contributed by atoms with Gasteiger partial charge in [-0.25, -0.2) is 0 Å². The molecule has 0 atom stereocenters. The van der Waals surface area contributed by atoms with Gasteiger partial charge in [-0.1, -0.05) is 6.07 Å². The summed E-state index contributed by atoms with van der Waals surface area (Å²) >= 11 is 9.95. The van der Waals surface area contributed by atoms with Crippen LogP contribution in [-0.4, -0.2) is 24.0 Å². The lowest BCUT2D eigenvalue weighted by molar-refractivity contribution is -0.122. The Hall–Kier alpha value is -2.03. The van der Waals surface area contributed by atoms with E-state index in [4.69, 9.17) is 17.0 Å². The van der Waals surface area contributed by atoms with E-state index in [1.165, 1.54) is 23.3 Å². The van der Waals surface area contributed by atoms with Crippen LogP contribution >= 0.6 is 39.5 Å². The van der Waals surface area contributed by atoms with Gasteiger partial charge in [0.25, 0.3) is 11.8 Å². The number of methoxy groups -OCH3 is 1. The molecule has 1 saturated heterocycles. The van der Waals surface area contributed by atoms with Gasteiger partial charge in [-0.05, 0) is 58.5 Å². The molecule has 2 heterocycles. The number of anilines is 1. The van der Waals surface area contributed by atoms with Crippen LogP contribution in [0.3, 0.4) is 0 Å². The average Bonchev–Trinajstić information content (AvgIpc) is 2.96. The zero-order valence-electron chi connectivity index (χ0n) is 12.4.